The maximum Gasteiger partial charge on any atom is 0.125 e. The quantitative estimate of drug-likeness (QED) is 0.895. The minimum absolute atomic E-state index is 0.0193. The first-order chi connectivity index (χ1) is 9.10. The predicted octanol–water partition coefficient (Wildman–Crippen LogP) is 4.63. The second kappa shape index (κ2) is 5.85. The van der Waals surface area contributed by atoms with E-state index in [9.17, 15) is 4.39 Å². The van der Waals surface area contributed by atoms with Crippen LogP contribution < -0.4 is 5.32 Å². The van der Waals surface area contributed by atoms with Crippen LogP contribution in [0.15, 0.2) is 46.9 Å². The van der Waals surface area contributed by atoms with Gasteiger partial charge in [0.1, 0.15) is 5.82 Å². The maximum absolute atomic E-state index is 13.2. The smallest absolute Gasteiger partial charge is 0.125 e. The average Bonchev–Trinajstić information content (AvgIpc) is 2.43. The van der Waals surface area contributed by atoms with Gasteiger partial charge in [-0.15, -0.1) is 0 Å². The van der Waals surface area contributed by atoms with Crippen molar-refractivity contribution in [3.8, 4) is 6.07 Å². The van der Waals surface area contributed by atoms with E-state index in [2.05, 4.69) is 27.3 Å². The molecule has 2 rings (SSSR count). The third kappa shape index (κ3) is 3.33. The van der Waals surface area contributed by atoms with Crippen LogP contribution in [0.4, 0.5) is 10.1 Å². The van der Waals surface area contributed by atoms with E-state index < -0.39 is 0 Å². The molecule has 0 aliphatic carbocycles. The zero-order chi connectivity index (χ0) is 13.8. The van der Waals surface area contributed by atoms with Gasteiger partial charge in [-0.1, -0.05) is 12.1 Å². The van der Waals surface area contributed by atoms with E-state index >= 15 is 0 Å². The van der Waals surface area contributed by atoms with Crippen LogP contribution in [-0.2, 0) is 0 Å². The van der Waals surface area contributed by atoms with Crippen molar-refractivity contribution in [2.45, 2.75) is 13.0 Å². The van der Waals surface area contributed by atoms with E-state index in [1.165, 1.54) is 12.1 Å². The Morgan fingerprint density at radius 1 is 1.21 bits per heavy atom. The van der Waals surface area contributed by atoms with E-state index in [-0.39, 0.29) is 11.9 Å². The summed E-state index contributed by atoms with van der Waals surface area (Å²) >= 11 is 3.38. The molecule has 96 valence electrons. The normalized spacial score (nSPS) is 11.7. The molecule has 0 bridgehead atoms. The van der Waals surface area contributed by atoms with E-state index in [1.54, 1.807) is 18.2 Å². The lowest BCUT2D eigenvalue weighted by Crippen LogP contribution is -2.07. The largest absolute Gasteiger partial charge is 0.378 e. The highest BCUT2D eigenvalue weighted by molar-refractivity contribution is 9.10. The van der Waals surface area contributed by atoms with Crippen molar-refractivity contribution < 1.29 is 4.39 Å². The number of nitriles is 1. The summed E-state index contributed by atoms with van der Waals surface area (Å²) < 4.78 is 14.0. The van der Waals surface area contributed by atoms with Gasteiger partial charge in [0.25, 0.3) is 0 Å². The van der Waals surface area contributed by atoms with Gasteiger partial charge in [-0.2, -0.15) is 5.26 Å². The number of anilines is 1. The van der Waals surface area contributed by atoms with Gasteiger partial charge in [0.05, 0.1) is 17.3 Å². The Kier molecular flexibility index (Phi) is 4.18. The summed E-state index contributed by atoms with van der Waals surface area (Å²) in [6, 6.07) is 14.0. The van der Waals surface area contributed by atoms with E-state index in [0.717, 1.165) is 10.0 Å². The Balaban J connectivity index is 2.18. The van der Waals surface area contributed by atoms with Gasteiger partial charge in [0.15, 0.2) is 0 Å². The van der Waals surface area contributed by atoms with Crippen LogP contribution >= 0.6 is 15.9 Å². The molecule has 2 aromatic rings. The third-order valence-corrected chi connectivity index (χ3v) is 3.53. The maximum atomic E-state index is 13.2. The number of nitrogens with one attached hydrogen (secondary N) is 1. The number of hydrogen-bond donors (Lipinski definition) is 1. The lowest BCUT2D eigenvalue weighted by Gasteiger charge is -2.17. The SMILES string of the molecule is CC(Nc1cc(F)ccc1Br)c1ccc(C#N)cc1. The standard InChI is InChI=1S/C15H12BrFN2/c1-10(12-4-2-11(9-18)3-5-12)19-15-8-13(17)6-7-14(15)16/h2-8,10,19H,1H3. The van der Waals surface area contributed by atoms with Crippen molar-refractivity contribution >= 4 is 21.6 Å². The molecule has 19 heavy (non-hydrogen) atoms. The van der Waals surface area contributed by atoms with Crippen molar-refractivity contribution in [3.63, 3.8) is 0 Å². The lowest BCUT2D eigenvalue weighted by molar-refractivity contribution is 0.627. The van der Waals surface area contributed by atoms with Gasteiger partial charge in [-0.05, 0) is 58.7 Å². The Morgan fingerprint density at radius 3 is 2.53 bits per heavy atom. The molecule has 0 spiro atoms. The van der Waals surface area contributed by atoms with E-state index in [4.69, 9.17) is 5.26 Å². The third-order valence-electron chi connectivity index (χ3n) is 2.84. The van der Waals surface area contributed by atoms with Crippen molar-refractivity contribution in [1.29, 1.82) is 5.26 Å². The van der Waals surface area contributed by atoms with Gasteiger partial charge in [0, 0.05) is 10.5 Å². The van der Waals surface area contributed by atoms with Crippen LogP contribution in [0.5, 0.6) is 0 Å². The van der Waals surface area contributed by atoms with Crippen molar-refractivity contribution in [2.75, 3.05) is 5.32 Å². The molecule has 2 nitrogen and oxygen atoms in total. The Labute approximate surface area is 120 Å². The number of halogens is 2. The first-order valence-electron chi connectivity index (χ1n) is 5.82. The van der Waals surface area contributed by atoms with Crippen LogP contribution in [0, 0.1) is 17.1 Å². The summed E-state index contributed by atoms with van der Waals surface area (Å²) in [5, 5.41) is 12.0. The zero-order valence-electron chi connectivity index (χ0n) is 10.3. The summed E-state index contributed by atoms with van der Waals surface area (Å²) in [6.45, 7) is 1.98. The fourth-order valence-electron chi connectivity index (χ4n) is 1.77. The second-order valence-electron chi connectivity index (χ2n) is 4.22. The van der Waals surface area contributed by atoms with Gasteiger partial charge < -0.3 is 5.32 Å². The van der Waals surface area contributed by atoms with Crippen molar-refractivity contribution in [1.82, 2.24) is 0 Å². The fourth-order valence-corrected chi connectivity index (χ4v) is 2.13. The summed E-state index contributed by atoms with van der Waals surface area (Å²) in [4.78, 5) is 0. The molecule has 0 saturated carbocycles. The summed E-state index contributed by atoms with van der Waals surface area (Å²) in [5.41, 5.74) is 2.37. The van der Waals surface area contributed by atoms with Crippen LogP contribution in [0.25, 0.3) is 0 Å². The van der Waals surface area contributed by atoms with Crippen LogP contribution in [-0.4, -0.2) is 0 Å². The number of rotatable bonds is 3. The molecule has 0 amide bonds. The molecule has 0 aliphatic heterocycles. The van der Waals surface area contributed by atoms with Crippen LogP contribution in [0.3, 0.4) is 0 Å². The number of benzene rings is 2. The lowest BCUT2D eigenvalue weighted by atomic mass is 10.1. The van der Waals surface area contributed by atoms with E-state index in [1.807, 2.05) is 19.1 Å². The first kappa shape index (κ1) is 13.6. The Morgan fingerprint density at radius 2 is 1.89 bits per heavy atom. The molecular formula is C15H12BrFN2. The molecule has 4 heteroatoms. The minimum atomic E-state index is -0.280. The molecule has 0 aromatic heterocycles. The molecule has 1 unspecified atom stereocenters. The highest BCUT2D eigenvalue weighted by Crippen LogP contribution is 2.27. The van der Waals surface area contributed by atoms with Crippen molar-refractivity contribution in [3.05, 3.63) is 63.9 Å². The highest BCUT2D eigenvalue weighted by Gasteiger charge is 2.08. The molecule has 1 N–H and O–H groups in total. The molecule has 0 saturated heterocycles. The monoisotopic (exact) mass is 318 g/mol. The topological polar surface area (TPSA) is 35.8 Å². The molecule has 0 heterocycles. The van der Waals surface area contributed by atoms with Gasteiger partial charge in [-0.3, -0.25) is 0 Å². The van der Waals surface area contributed by atoms with Crippen LogP contribution in [0.1, 0.15) is 24.1 Å². The molecule has 1 atom stereocenters. The first-order valence-corrected chi connectivity index (χ1v) is 6.61. The van der Waals surface area contributed by atoms with E-state index in [0.29, 0.717) is 11.3 Å². The van der Waals surface area contributed by atoms with Gasteiger partial charge in [0.2, 0.25) is 0 Å². The minimum Gasteiger partial charge on any atom is -0.378 e. The molecule has 0 fully saturated rings. The second-order valence-corrected chi connectivity index (χ2v) is 5.08. The molecule has 0 radical (unpaired) electrons. The molecule has 0 aliphatic rings. The summed E-state index contributed by atoms with van der Waals surface area (Å²) in [6.07, 6.45) is 0. The summed E-state index contributed by atoms with van der Waals surface area (Å²) in [5.74, 6) is -0.280. The van der Waals surface area contributed by atoms with Crippen molar-refractivity contribution in [2.24, 2.45) is 0 Å². The fraction of sp³-hybridized carbons (Fsp3) is 0.133. The zero-order valence-corrected chi connectivity index (χ0v) is 11.9. The number of hydrogen-bond acceptors (Lipinski definition) is 2. The predicted molar refractivity (Wildman–Crippen MR) is 77.3 cm³/mol. The molecule has 2 aromatic carbocycles. The average molecular weight is 319 g/mol. The molecular weight excluding hydrogens is 307 g/mol. The number of nitrogens with zero attached hydrogens (tertiary/aromatic N) is 1. The van der Waals surface area contributed by atoms with Gasteiger partial charge >= 0.3 is 0 Å². The Hall–Kier alpha value is -1.86. The summed E-state index contributed by atoms with van der Waals surface area (Å²) in [7, 11) is 0. The van der Waals surface area contributed by atoms with Gasteiger partial charge in [-0.25, -0.2) is 4.39 Å². The highest BCUT2D eigenvalue weighted by atomic mass is 79.9. The Bertz CT molecular complexity index is 617. The van der Waals surface area contributed by atoms with Crippen LogP contribution in [0.2, 0.25) is 0 Å².